The van der Waals surface area contributed by atoms with E-state index in [1.54, 1.807) is 12.1 Å². The fraction of sp³-hybridized carbons (Fsp3) is 0.529. The SMILES string of the molecule is O=C(Nc1ccc([C@H]2C[C@@H]2C(=O)O)cc1)C1CCC(F)(F)CC1. The Balaban J connectivity index is 1.54. The number of anilines is 1. The molecule has 2 aliphatic rings. The molecule has 6 heteroatoms. The Bertz CT molecular complexity index is 605. The molecule has 0 aromatic heterocycles. The lowest BCUT2D eigenvalue weighted by molar-refractivity contribution is -0.138. The van der Waals surface area contributed by atoms with Crippen LogP contribution in [-0.4, -0.2) is 22.9 Å². The van der Waals surface area contributed by atoms with Crippen LogP contribution in [0, 0.1) is 11.8 Å². The van der Waals surface area contributed by atoms with Gasteiger partial charge in [0.15, 0.2) is 0 Å². The van der Waals surface area contributed by atoms with E-state index in [1.807, 2.05) is 12.1 Å². The minimum absolute atomic E-state index is 0.0535. The first-order chi connectivity index (χ1) is 10.9. The number of aliphatic carboxylic acids is 1. The second-order valence-electron chi connectivity index (χ2n) is 6.53. The largest absolute Gasteiger partial charge is 0.481 e. The van der Waals surface area contributed by atoms with Gasteiger partial charge in [0.25, 0.3) is 0 Å². The molecular weight excluding hydrogens is 304 g/mol. The number of carboxylic acid groups (broad SMARTS) is 1. The summed E-state index contributed by atoms with van der Waals surface area (Å²) < 4.78 is 26.2. The fourth-order valence-corrected chi connectivity index (χ4v) is 3.20. The van der Waals surface area contributed by atoms with E-state index in [2.05, 4.69) is 5.32 Å². The molecule has 23 heavy (non-hydrogen) atoms. The first kappa shape index (κ1) is 15.9. The topological polar surface area (TPSA) is 66.4 Å². The van der Waals surface area contributed by atoms with Crippen molar-refractivity contribution in [2.45, 2.75) is 43.9 Å². The van der Waals surface area contributed by atoms with Gasteiger partial charge in [-0.25, -0.2) is 8.78 Å². The number of carbonyl (C=O) groups excluding carboxylic acids is 1. The molecule has 1 amide bonds. The third kappa shape index (κ3) is 3.68. The van der Waals surface area contributed by atoms with Crippen LogP contribution in [0.2, 0.25) is 0 Å². The molecule has 0 heterocycles. The van der Waals surface area contributed by atoms with Crippen molar-refractivity contribution in [3.05, 3.63) is 29.8 Å². The van der Waals surface area contributed by atoms with E-state index in [1.165, 1.54) is 0 Å². The smallest absolute Gasteiger partial charge is 0.307 e. The Kier molecular flexibility index (Phi) is 4.08. The molecule has 2 fully saturated rings. The predicted octanol–water partition coefficient (Wildman–Crippen LogP) is 3.64. The van der Waals surface area contributed by atoms with Gasteiger partial charge in [0.1, 0.15) is 0 Å². The van der Waals surface area contributed by atoms with Gasteiger partial charge >= 0.3 is 5.97 Å². The molecule has 0 spiro atoms. The molecule has 3 rings (SSSR count). The summed E-state index contributed by atoms with van der Waals surface area (Å²) in [6.07, 6.45) is 0.598. The summed E-state index contributed by atoms with van der Waals surface area (Å²) in [6, 6.07) is 7.11. The summed E-state index contributed by atoms with van der Waals surface area (Å²) in [5, 5.41) is 11.7. The van der Waals surface area contributed by atoms with E-state index < -0.39 is 11.9 Å². The highest BCUT2D eigenvalue weighted by molar-refractivity contribution is 5.92. The molecular formula is C17H19F2NO3. The average molecular weight is 323 g/mol. The zero-order valence-electron chi connectivity index (χ0n) is 12.6. The molecule has 2 aliphatic carbocycles. The van der Waals surface area contributed by atoms with E-state index in [-0.39, 0.29) is 49.3 Å². The number of halogens is 2. The first-order valence-corrected chi connectivity index (χ1v) is 7.87. The van der Waals surface area contributed by atoms with Gasteiger partial charge in [-0.3, -0.25) is 9.59 Å². The van der Waals surface area contributed by atoms with E-state index in [0.717, 1.165) is 5.56 Å². The minimum atomic E-state index is -2.64. The van der Waals surface area contributed by atoms with Crippen LogP contribution >= 0.6 is 0 Å². The first-order valence-electron chi connectivity index (χ1n) is 7.87. The standard InChI is InChI=1S/C17H19F2NO3/c18-17(19)7-5-11(6-8-17)15(21)20-12-3-1-10(2-4-12)13-9-14(13)16(22)23/h1-4,11,13-14H,5-9H2,(H,20,21)(H,22,23)/t13-,14+/m1/s1. The number of benzene rings is 1. The van der Waals surface area contributed by atoms with Crippen LogP contribution in [0.4, 0.5) is 14.5 Å². The Morgan fingerprint density at radius 1 is 1.13 bits per heavy atom. The zero-order chi connectivity index (χ0) is 16.6. The van der Waals surface area contributed by atoms with Crippen LogP contribution in [0.15, 0.2) is 24.3 Å². The number of nitrogens with one attached hydrogen (secondary N) is 1. The van der Waals surface area contributed by atoms with E-state index in [0.29, 0.717) is 12.1 Å². The van der Waals surface area contributed by atoms with Crippen LogP contribution in [0.1, 0.15) is 43.6 Å². The fourth-order valence-electron chi connectivity index (χ4n) is 3.20. The number of carboxylic acids is 1. The Morgan fingerprint density at radius 3 is 2.26 bits per heavy atom. The van der Waals surface area contributed by atoms with Gasteiger partial charge in [0.05, 0.1) is 5.92 Å². The predicted molar refractivity (Wildman–Crippen MR) is 80.5 cm³/mol. The van der Waals surface area contributed by atoms with E-state index in [9.17, 15) is 18.4 Å². The van der Waals surface area contributed by atoms with Crippen molar-refractivity contribution >= 4 is 17.6 Å². The highest BCUT2D eigenvalue weighted by Crippen LogP contribution is 2.47. The van der Waals surface area contributed by atoms with Gasteiger partial charge in [-0.1, -0.05) is 12.1 Å². The maximum atomic E-state index is 13.1. The van der Waals surface area contributed by atoms with Crippen LogP contribution in [0.3, 0.4) is 0 Å². The lowest BCUT2D eigenvalue weighted by Gasteiger charge is -2.27. The number of amides is 1. The third-order valence-corrected chi connectivity index (χ3v) is 4.80. The molecule has 0 aliphatic heterocycles. The van der Waals surface area contributed by atoms with Crippen molar-refractivity contribution in [3.8, 4) is 0 Å². The van der Waals surface area contributed by atoms with Gasteiger partial charge in [-0.15, -0.1) is 0 Å². The molecule has 2 N–H and O–H groups in total. The molecule has 0 bridgehead atoms. The molecule has 2 saturated carbocycles. The number of carbonyl (C=O) groups is 2. The number of alkyl halides is 2. The molecule has 4 nitrogen and oxygen atoms in total. The van der Waals surface area contributed by atoms with Crippen molar-refractivity contribution < 1.29 is 23.5 Å². The Hall–Kier alpha value is -1.98. The van der Waals surface area contributed by atoms with Crippen LogP contribution < -0.4 is 5.32 Å². The van der Waals surface area contributed by atoms with Crippen LogP contribution in [0.5, 0.6) is 0 Å². The lowest BCUT2D eigenvalue weighted by Crippen LogP contribution is -2.31. The molecule has 1 aromatic carbocycles. The minimum Gasteiger partial charge on any atom is -0.481 e. The maximum Gasteiger partial charge on any atom is 0.307 e. The van der Waals surface area contributed by atoms with Gasteiger partial charge < -0.3 is 10.4 Å². The molecule has 1 aromatic rings. The Labute approximate surface area is 132 Å². The summed E-state index contributed by atoms with van der Waals surface area (Å²) >= 11 is 0. The van der Waals surface area contributed by atoms with Crippen molar-refractivity contribution in [3.63, 3.8) is 0 Å². The summed E-state index contributed by atoms with van der Waals surface area (Å²) in [4.78, 5) is 23.0. The van der Waals surface area contributed by atoms with Crippen molar-refractivity contribution in [2.75, 3.05) is 5.32 Å². The second kappa shape index (κ2) is 5.91. The number of hydrogen-bond donors (Lipinski definition) is 2. The van der Waals surface area contributed by atoms with Crippen molar-refractivity contribution in [2.24, 2.45) is 11.8 Å². The maximum absolute atomic E-state index is 13.1. The highest BCUT2D eigenvalue weighted by atomic mass is 19.3. The quantitative estimate of drug-likeness (QED) is 0.889. The van der Waals surface area contributed by atoms with Gasteiger partial charge in [-0.05, 0) is 42.9 Å². The van der Waals surface area contributed by atoms with E-state index >= 15 is 0 Å². The van der Waals surface area contributed by atoms with E-state index in [4.69, 9.17) is 5.11 Å². The van der Waals surface area contributed by atoms with Crippen molar-refractivity contribution in [1.29, 1.82) is 0 Å². The van der Waals surface area contributed by atoms with Gasteiger partial charge in [0.2, 0.25) is 11.8 Å². The highest BCUT2D eigenvalue weighted by Gasteiger charge is 2.44. The number of rotatable bonds is 4. The molecule has 124 valence electrons. The van der Waals surface area contributed by atoms with Crippen LogP contribution in [0.25, 0.3) is 0 Å². The van der Waals surface area contributed by atoms with Crippen LogP contribution in [-0.2, 0) is 9.59 Å². The average Bonchev–Trinajstić information content (AvgIpc) is 3.28. The molecule has 0 radical (unpaired) electrons. The van der Waals surface area contributed by atoms with Crippen molar-refractivity contribution in [1.82, 2.24) is 0 Å². The summed E-state index contributed by atoms with van der Waals surface area (Å²) in [5.41, 5.74) is 1.57. The Morgan fingerprint density at radius 2 is 1.74 bits per heavy atom. The third-order valence-electron chi connectivity index (χ3n) is 4.80. The molecule has 0 saturated heterocycles. The normalized spacial score (nSPS) is 26.5. The second-order valence-corrected chi connectivity index (χ2v) is 6.53. The summed E-state index contributed by atoms with van der Waals surface area (Å²) in [6.45, 7) is 0. The molecule has 2 atom stereocenters. The van der Waals surface area contributed by atoms with Gasteiger partial charge in [0, 0.05) is 24.4 Å². The number of hydrogen-bond acceptors (Lipinski definition) is 2. The zero-order valence-corrected chi connectivity index (χ0v) is 12.6. The summed E-state index contributed by atoms with van der Waals surface area (Å²) in [5.74, 6) is -4.25. The molecule has 0 unspecified atom stereocenters. The van der Waals surface area contributed by atoms with Gasteiger partial charge in [-0.2, -0.15) is 0 Å². The monoisotopic (exact) mass is 323 g/mol. The lowest BCUT2D eigenvalue weighted by atomic mass is 9.86. The summed E-state index contributed by atoms with van der Waals surface area (Å²) in [7, 11) is 0.